The lowest BCUT2D eigenvalue weighted by molar-refractivity contribution is 0.472. The highest BCUT2D eigenvalue weighted by Gasteiger charge is 1.87. The van der Waals surface area contributed by atoms with Gasteiger partial charge in [0, 0.05) is 0 Å². The summed E-state index contributed by atoms with van der Waals surface area (Å²) in [5.74, 6) is 5.41. The maximum Gasteiger partial charge on any atom is 0.133 e. The molecule has 1 heterocycles. The third kappa shape index (κ3) is 2.32. The summed E-state index contributed by atoms with van der Waals surface area (Å²) in [4.78, 5) is 3.82. The van der Waals surface area contributed by atoms with Crippen LogP contribution in [0.25, 0.3) is 0 Å². The Labute approximate surface area is 70.3 Å². The van der Waals surface area contributed by atoms with Crippen molar-refractivity contribution in [3.05, 3.63) is 24.0 Å². The van der Waals surface area contributed by atoms with Gasteiger partial charge >= 0.3 is 0 Å². The highest BCUT2D eigenvalue weighted by Crippen LogP contribution is 2.04. The summed E-state index contributed by atoms with van der Waals surface area (Å²) in [7, 11) is 0. The molecule has 1 aromatic rings. The zero-order chi connectivity index (χ0) is 8.81. The van der Waals surface area contributed by atoms with Gasteiger partial charge in [-0.3, -0.25) is 0 Å². The lowest BCUT2D eigenvalue weighted by Gasteiger charge is -1.88. The predicted octanol–water partition coefficient (Wildman–Crippen LogP) is 1.05. The second-order valence-electron chi connectivity index (χ2n) is 2.04. The second kappa shape index (κ2) is 4.00. The van der Waals surface area contributed by atoms with Crippen LogP contribution in [0.2, 0.25) is 0 Å². The minimum atomic E-state index is 0.112. The van der Waals surface area contributed by atoms with Crippen LogP contribution in [0.15, 0.2) is 18.3 Å². The molecule has 0 radical (unpaired) electrons. The van der Waals surface area contributed by atoms with Crippen LogP contribution in [-0.2, 0) is 0 Å². The fourth-order valence-corrected chi connectivity index (χ4v) is 0.634. The predicted molar refractivity (Wildman–Crippen MR) is 43.0 cm³/mol. The number of aromatic hydroxyl groups is 1. The lowest BCUT2D eigenvalue weighted by atomic mass is 10.3. The van der Waals surface area contributed by atoms with Crippen LogP contribution < -0.4 is 0 Å². The number of hydrogen-bond acceptors (Lipinski definition) is 3. The van der Waals surface area contributed by atoms with Crippen molar-refractivity contribution in [1.29, 1.82) is 5.26 Å². The molecule has 0 aliphatic carbocycles. The first kappa shape index (κ1) is 8.10. The van der Waals surface area contributed by atoms with E-state index in [9.17, 15) is 0 Å². The van der Waals surface area contributed by atoms with Crippen molar-refractivity contribution in [2.75, 3.05) is 0 Å². The average molecular weight is 158 g/mol. The van der Waals surface area contributed by atoms with Crippen LogP contribution >= 0.6 is 0 Å². The van der Waals surface area contributed by atoms with Gasteiger partial charge in [0.15, 0.2) is 0 Å². The Hall–Kier alpha value is -2.00. The first-order valence-electron chi connectivity index (χ1n) is 3.34. The van der Waals surface area contributed by atoms with E-state index in [1.165, 1.54) is 12.3 Å². The monoisotopic (exact) mass is 158 g/mol. The van der Waals surface area contributed by atoms with Gasteiger partial charge in [-0.05, 0) is 18.1 Å². The maximum atomic E-state index is 8.87. The fourth-order valence-electron chi connectivity index (χ4n) is 0.634. The average Bonchev–Trinajstić information content (AvgIpc) is 2.09. The number of rotatable bonds is 0. The Morgan fingerprint density at radius 2 is 2.33 bits per heavy atom. The Balaban J connectivity index is 2.74. The van der Waals surface area contributed by atoms with E-state index in [4.69, 9.17) is 10.4 Å². The molecule has 0 saturated carbocycles. The SMILES string of the molecule is N#CCC#Cc1ccc(O)cn1. The zero-order valence-electron chi connectivity index (χ0n) is 6.28. The minimum Gasteiger partial charge on any atom is -0.506 e. The van der Waals surface area contributed by atoms with E-state index >= 15 is 0 Å². The van der Waals surface area contributed by atoms with Crippen molar-refractivity contribution in [2.24, 2.45) is 0 Å². The van der Waals surface area contributed by atoms with Gasteiger partial charge in [0.1, 0.15) is 11.4 Å². The number of nitriles is 1. The van der Waals surface area contributed by atoms with E-state index in [2.05, 4.69) is 16.8 Å². The van der Waals surface area contributed by atoms with Gasteiger partial charge in [-0.2, -0.15) is 5.26 Å². The summed E-state index contributed by atoms with van der Waals surface area (Å²) < 4.78 is 0. The smallest absolute Gasteiger partial charge is 0.133 e. The number of pyridine rings is 1. The van der Waals surface area contributed by atoms with Gasteiger partial charge in [-0.15, -0.1) is 0 Å². The molecule has 0 bridgehead atoms. The third-order valence-corrected chi connectivity index (χ3v) is 1.13. The minimum absolute atomic E-state index is 0.112. The summed E-state index contributed by atoms with van der Waals surface area (Å²) in [5, 5.41) is 17.0. The summed E-state index contributed by atoms with van der Waals surface area (Å²) >= 11 is 0. The molecule has 3 heteroatoms. The van der Waals surface area contributed by atoms with Crippen LogP contribution in [0.1, 0.15) is 12.1 Å². The molecule has 0 aromatic carbocycles. The van der Waals surface area contributed by atoms with Crippen LogP contribution in [-0.4, -0.2) is 10.1 Å². The van der Waals surface area contributed by atoms with Crippen molar-refractivity contribution < 1.29 is 5.11 Å². The van der Waals surface area contributed by atoms with E-state index < -0.39 is 0 Å². The van der Waals surface area contributed by atoms with E-state index in [1.54, 1.807) is 6.07 Å². The highest BCUT2D eigenvalue weighted by atomic mass is 16.3. The summed E-state index contributed by atoms with van der Waals surface area (Å²) in [5.41, 5.74) is 0.558. The molecule has 0 fully saturated rings. The first-order chi connectivity index (χ1) is 5.83. The summed E-state index contributed by atoms with van der Waals surface area (Å²) in [6, 6.07) is 5.00. The molecule has 1 N–H and O–H groups in total. The molecule has 0 unspecified atom stereocenters. The normalized spacial score (nSPS) is 7.92. The Bertz CT molecular complexity index is 351. The van der Waals surface area contributed by atoms with Crippen molar-refractivity contribution in [3.63, 3.8) is 0 Å². The molecule has 0 atom stereocenters. The van der Waals surface area contributed by atoms with E-state index in [-0.39, 0.29) is 12.2 Å². The zero-order valence-corrected chi connectivity index (χ0v) is 6.28. The van der Waals surface area contributed by atoms with E-state index in [1.807, 2.05) is 6.07 Å². The molecule has 1 rings (SSSR count). The quantitative estimate of drug-likeness (QED) is 0.574. The molecular formula is C9H6N2O. The van der Waals surface area contributed by atoms with Crippen LogP contribution in [0.5, 0.6) is 5.75 Å². The van der Waals surface area contributed by atoms with Crippen LogP contribution in [0.4, 0.5) is 0 Å². The van der Waals surface area contributed by atoms with Gasteiger partial charge in [-0.25, -0.2) is 4.98 Å². The maximum absolute atomic E-state index is 8.87. The van der Waals surface area contributed by atoms with E-state index in [0.717, 1.165) is 0 Å². The molecule has 0 aliphatic heterocycles. The molecule has 0 aliphatic rings. The Kier molecular flexibility index (Phi) is 2.70. The largest absolute Gasteiger partial charge is 0.506 e. The topological polar surface area (TPSA) is 56.9 Å². The summed E-state index contributed by atoms with van der Waals surface area (Å²) in [6.45, 7) is 0. The third-order valence-electron chi connectivity index (χ3n) is 1.13. The molecule has 0 spiro atoms. The van der Waals surface area contributed by atoms with Gasteiger partial charge in [0.25, 0.3) is 0 Å². The van der Waals surface area contributed by atoms with Crippen molar-refractivity contribution >= 4 is 0 Å². The molecule has 0 saturated heterocycles. The molecule has 12 heavy (non-hydrogen) atoms. The van der Waals surface area contributed by atoms with Crippen molar-refractivity contribution in [3.8, 4) is 23.7 Å². The molecule has 1 aromatic heterocycles. The molecule has 3 nitrogen and oxygen atoms in total. The van der Waals surface area contributed by atoms with Crippen molar-refractivity contribution in [1.82, 2.24) is 4.98 Å². The molecule has 58 valence electrons. The number of nitrogens with zero attached hydrogens (tertiary/aromatic N) is 2. The first-order valence-corrected chi connectivity index (χ1v) is 3.34. The lowest BCUT2D eigenvalue weighted by Crippen LogP contribution is -1.79. The van der Waals surface area contributed by atoms with Crippen molar-refractivity contribution in [2.45, 2.75) is 6.42 Å². The molecular weight excluding hydrogens is 152 g/mol. The van der Waals surface area contributed by atoms with E-state index in [0.29, 0.717) is 5.69 Å². The van der Waals surface area contributed by atoms with Gasteiger partial charge < -0.3 is 5.11 Å². The highest BCUT2D eigenvalue weighted by molar-refractivity contribution is 5.30. The van der Waals surface area contributed by atoms with Crippen LogP contribution in [0, 0.1) is 23.2 Å². The molecule has 0 amide bonds. The summed E-state index contributed by atoms with van der Waals surface area (Å²) in [6.07, 6.45) is 1.51. The number of aromatic nitrogens is 1. The fraction of sp³-hybridized carbons (Fsp3) is 0.111. The number of hydrogen-bond donors (Lipinski definition) is 1. The standard InChI is InChI=1S/C9H6N2O/c10-6-2-1-3-8-4-5-9(12)7-11-8/h4-5,7,12H,2H2. The van der Waals surface area contributed by atoms with Gasteiger partial charge in [0.05, 0.1) is 18.7 Å². The second-order valence-corrected chi connectivity index (χ2v) is 2.04. The Morgan fingerprint density at radius 3 is 2.92 bits per heavy atom. The van der Waals surface area contributed by atoms with Gasteiger partial charge in [-0.1, -0.05) is 5.92 Å². The Morgan fingerprint density at radius 1 is 1.50 bits per heavy atom. The van der Waals surface area contributed by atoms with Crippen LogP contribution in [0.3, 0.4) is 0 Å². The van der Waals surface area contributed by atoms with Gasteiger partial charge in [0.2, 0.25) is 0 Å².